The van der Waals surface area contributed by atoms with E-state index in [9.17, 15) is 0 Å². The molecule has 1 N–H and O–H groups in total. The number of nitrogens with one attached hydrogen (secondary N) is 1. The summed E-state index contributed by atoms with van der Waals surface area (Å²) >= 11 is 0. The number of hydrogen-bond acceptors (Lipinski definition) is 1. The maximum absolute atomic E-state index is 7.66. The van der Waals surface area contributed by atoms with Crippen molar-refractivity contribution in [3.05, 3.63) is 42.1 Å². The first-order valence-electron chi connectivity index (χ1n) is 4.23. The van der Waals surface area contributed by atoms with Crippen LogP contribution < -0.4 is 0 Å². The van der Waals surface area contributed by atoms with Crippen molar-refractivity contribution in [2.75, 3.05) is 0 Å². The van der Waals surface area contributed by atoms with E-state index in [4.69, 9.17) is 5.41 Å². The summed E-state index contributed by atoms with van der Waals surface area (Å²) < 4.78 is 2.05. The lowest BCUT2D eigenvalue weighted by Gasteiger charge is -1.95. The zero-order valence-corrected chi connectivity index (χ0v) is 6.99. The molecule has 1 aromatic heterocycles. The molecule has 2 nitrogen and oxygen atoms in total. The van der Waals surface area contributed by atoms with Gasteiger partial charge in [0.15, 0.2) is 0 Å². The highest BCUT2D eigenvalue weighted by Crippen LogP contribution is 2.23. The van der Waals surface area contributed by atoms with Crippen LogP contribution >= 0.6 is 0 Å². The minimum atomic E-state index is 0.594. The fourth-order valence-electron chi connectivity index (χ4n) is 1.78. The SMILES string of the molecule is N=C1C=Cn2c1cc1ccccc12. The molecule has 0 spiro atoms. The first-order chi connectivity index (χ1) is 6.36. The summed E-state index contributed by atoms with van der Waals surface area (Å²) in [7, 11) is 0. The van der Waals surface area contributed by atoms with Gasteiger partial charge in [0.25, 0.3) is 0 Å². The van der Waals surface area contributed by atoms with Crippen LogP contribution in [-0.2, 0) is 0 Å². The van der Waals surface area contributed by atoms with Crippen molar-refractivity contribution >= 4 is 22.8 Å². The molecule has 2 heteroatoms. The fourth-order valence-corrected chi connectivity index (χ4v) is 1.78. The van der Waals surface area contributed by atoms with Gasteiger partial charge in [-0.15, -0.1) is 0 Å². The van der Waals surface area contributed by atoms with Gasteiger partial charge in [0.05, 0.1) is 16.9 Å². The lowest BCUT2D eigenvalue weighted by atomic mass is 10.2. The normalized spacial score (nSPS) is 14.0. The van der Waals surface area contributed by atoms with E-state index in [0.29, 0.717) is 5.71 Å². The zero-order chi connectivity index (χ0) is 8.84. The van der Waals surface area contributed by atoms with E-state index < -0.39 is 0 Å². The van der Waals surface area contributed by atoms with E-state index in [1.165, 1.54) is 10.9 Å². The van der Waals surface area contributed by atoms with Gasteiger partial charge in [0.1, 0.15) is 0 Å². The Bertz CT molecular complexity index is 532. The monoisotopic (exact) mass is 168 g/mol. The Balaban J connectivity index is 2.51. The van der Waals surface area contributed by atoms with Gasteiger partial charge in [-0.2, -0.15) is 0 Å². The molecule has 0 saturated heterocycles. The standard InChI is InChI=1S/C11H8N2/c12-9-5-6-13-10-4-2-1-3-8(10)7-11(9)13/h1-7,12H. The van der Waals surface area contributed by atoms with E-state index in [2.05, 4.69) is 22.8 Å². The maximum atomic E-state index is 7.66. The van der Waals surface area contributed by atoms with Crippen LogP contribution in [0.1, 0.15) is 5.69 Å². The molecule has 13 heavy (non-hydrogen) atoms. The van der Waals surface area contributed by atoms with Gasteiger partial charge in [-0.05, 0) is 18.2 Å². The highest BCUT2D eigenvalue weighted by atomic mass is 15.0. The van der Waals surface area contributed by atoms with Gasteiger partial charge in [0, 0.05) is 11.6 Å². The predicted octanol–water partition coefficient (Wildman–Crippen LogP) is 2.49. The smallest absolute Gasteiger partial charge is 0.0795 e. The molecule has 1 aliphatic rings. The third kappa shape index (κ3) is 0.746. The Morgan fingerprint density at radius 1 is 1.15 bits per heavy atom. The molecule has 0 amide bonds. The van der Waals surface area contributed by atoms with Gasteiger partial charge < -0.3 is 4.57 Å². The maximum Gasteiger partial charge on any atom is 0.0795 e. The first-order valence-corrected chi connectivity index (χ1v) is 4.23. The summed E-state index contributed by atoms with van der Waals surface area (Å²) in [5.74, 6) is 0. The van der Waals surface area contributed by atoms with E-state index in [0.717, 1.165) is 5.69 Å². The Kier molecular flexibility index (Phi) is 1.08. The average molecular weight is 168 g/mol. The molecule has 0 unspecified atom stereocenters. The number of allylic oxidation sites excluding steroid dienone is 1. The molecule has 2 aromatic rings. The molecular formula is C11H8N2. The summed E-state index contributed by atoms with van der Waals surface area (Å²) in [5, 5.41) is 8.86. The van der Waals surface area contributed by atoms with Gasteiger partial charge >= 0.3 is 0 Å². The first kappa shape index (κ1) is 6.66. The molecule has 62 valence electrons. The molecule has 0 atom stereocenters. The number of para-hydroxylation sites is 1. The quantitative estimate of drug-likeness (QED) is 0.626. The highest BCUT2D eigenvalue weighted by Gasteiger charge is 2.13. The molecule has 3 rings (SSSR count). The fraction of sp³-hybridized carbons (Fsp3) is 0. The topological polar surface area (TPSA) is 28.8 Å². The van der Waals surface area contributed by atoms with Crippen molar-refractivity contribution in [1.29, 1.82) is 5.41 Å². The van der Waals surface area contributed by atoms with Crippen LogP contribution in [0.15, 0.2) is 36.4 Å². The van der Waals surface area contributed by atoms with Crippen LogP contribution in [0.2, 0.25) is 0 Å². The van der Waals surface area contributed by atoms with Crippen molar-refractivity contribution in [3.63, 3.8) is 0 Å². The Labute approximate surface area is 75.6 Å². The second-order valence-corrected chi connectivity index (χ2v) is 3.19. The second-order valence-electron chi connectivity index (χ2n) is 3.19. The molecule has 0 fully saturated rings. The molecule has 0 bridgehead atoms. The number of fused-ring (bicyclic) bond motifs is 3. The molecule has 2 heterocycles. The third-order valence-electron chi connectivity index (χ3n) is 2.41. The summed E-state index contributed by atoms with van der Waals surface area (Å²) in [6, 6.07) is 10.2. The van der Waals surface area contributed by atoms with Crippen molar-refractivity contribution in [3.8, 4) is 0 Å². The molecule has 0 saturated carbocycles. The van der Waals surface area contributed by atoms with E-state index in [1.807, 2.05) is 24.4 Å². The number of benzene rings is 1. The average Bonchev–Trinajstić information content (AvgIpc) is 2.67. The Hall–Kier alpha value is -1.83. The van der Waals surface area contributed by atoms with E-state index >= 15 is 0 Å². The lowest BCUT2D eigenvalue weighted by molar-refractivity contribution is 1.22. The Morgan fingerprint density at radius 2 is 2.00 bits per heavy atom. The van der Waals surface area contributed by atoms with Crippen LogP contribution in [0.4, 0.5) is 0 Å². The van der Waals surface area contributed by atoms with Crippen LogP contribution in [0.25, 0.3) is 17.1 Å². The van der Waals surface area contributed by atoms with Gasteiger partial charge in [-0.1, -0.05) is 18.2 Å². The van der Waals surface area contributed by atoms with Gasteiger partial charge in [-0.3, -0.25) is 5.41 Å². The molecule has 1 aromatic carbocycles. The predicted molar refractivity (Wildman–Crippen MR) is 54.1 cm³/mol. The van der Waals surface area contributed by atoms with E-state index in [-0.39, 0.29) is 0 Å². The molecule has 0 radical (unpaired) electrons. The third-order valence-corrected chi connectivity index (χ3v) is 2.41. The molecule has 1 aliphatic heterocycles. The van der Waals surface area contributed by atoms with Gasteiger partial charge in [0.2, 0.25) is 0 Å². The minimum absolute atomic E-state index is 0.594. The van der Waals surface area contributed by atoms with Crippen molar-refractivity contribution in [1.82, 2.24) is 4.57 Å². The number of hydrogen-bond donors (Lipinski definition) is 1. The minimum Gasteiger partial charge on any atom is -0.314 e. The number of rotatable bonds is 0. The number of aromatic nitrogens is 1. The second kappa shape index (κ2) is 2.10. The summed E-state index contributed by atoms with van der Waals surface area (Å²) in [5.41, 5.74) is 2.76. The summed E-state index contributed by atoms with van der Waals surface area (Å²) in [4.78, 5) is 0. The summed E-state index contributed by atoms with van der Waals surface area (Å²) in [6.07, 6.45) is 3.77. The van der Waals surface area contributed by atoms with Crippen molar-refractivity contribution in [2.24, 2.45) is 0 Å². The highest BCUT2D eigenvalue weighted by molar-refractivity contribution is 6.13. The zero-order valence-electron chi connectivity index (χ0n) is 6.99. The van der Waals surface area contributed by atoms with Gasteiger partial charge in [-0.25, -0.2) is 0 Å². The number of nitrogens with zero attached hydrogens (tertiary/aromatic N) is 1. The molecular weight excluding hydrogens is 160 g/mol. The molecule has 0 aliphatic carbocycles. The van der Waals surface area contributed by atoms with Crippen molar-refractivity contribution < 1.29 is 0 Å². The largest absolute Gasteiger partial charge is 0.314 e. The van der Waals surface area contributed by atoms with E-state index in [1.54, 1.807) is 0 Å². The van der Waals surface area contributed by atoms with Crippen LogP contribution in [0.3, 0.4) is 0 Å². The van der Waals surface area contributed by atoms with Crippen LogP contribution in [-0.4, -0.2) is 10.3 Å². The van der Waals surface area contributed by atoms with Crippen LogP contribution in [0, 0.1) is 5.41 Å². The van der Waals surface area contributed by atoms with Crippen molar-refractivity contribution in [2.45, 2.75) is 0 Å². The van der Waals surface area contributed by atoms with Crippen LogP contribution in [0.5, 0.6) is 0 Å². The summed E-state index contributed by atoms with van der Waals surface area (Å²) in [6.45, 7) is 0. The Morgan fingerprint density at radius 3 is 2.92 bits per heavy atom. The lowest BCUT2D eigenvalue weighted by Crippen LogP contribution is -1.92.